The number of aliphatic hydroxyl groups excluding tert-OH is 1. The molecular weight excluding hydrogens is 291 g/mol. The van der Waals surface area contributed by atoms with E-state index in [2.05, 4.69) is 31.2 Å². The van der Waals surface area contributed by atoms with Crippen LogP contribution in [0.5, 0.6) is 0 Å². The Labute approximate surface area is 105 Å². The van der Waals surface area contributed by atoms with Gasteiger partial charge in [0, 0.05) is 24.8 Å². The summed E-state index contributed by atoms with van der Waals surface area (Å²) in [5, 5.41) is 16.6. The fourth-order valence-electron chi connectivity index (χ4n) is 1.38. The van der Waals surface area contributed by atoms with Gasteiger partial charge in [-0.15, -0.1) is 5.10 Å². The molecule has 17 heavy (non-hydrogen) atoms. The van der Waals surface area contributed by atoms with Crippen LogP contribution in [0.25, 0.3) is 0 Å². The Morgan fingerprint density at radius 2 is 2.24 bits per heavy atom. The minimum absolute atomic E-state index is 0.0422. The molecule has 0 aliphatic heterocycles. The van der Waals surface area contributed by atoms with Crippen LogP contribution in [-0.2, 0) is 13.0 Å². The van der Waals surface area contributed by atoms with Crippen molar-refractivity contribution in [2.45, 2.75) is 13.0 Å². The number of halogens is 2. The molecule has 0 amide bonds. The maximum absolute atomic E-state index is 12.8. The number of aliphatic hydroxyl groups is 1. The highest BCUT2D eigenvalue weighted by molar-refractivity contribution is 9.10. The van der Waals surface area contributed by atoms with E-state index in [0.29, 0.717) is 17.6 Å². The van der Waals surface area contributed by atoms with Crippen molar-refractivity contribution in [1.29, 1.82) is 0 Å². The summed E-state index contributed by atoms with van der Waals surface area (Å²) in [6, 6.07) is 2.94. The van der Waals surface area contributed by atoms with E-state index in [1.165, 1.54) is 6.07 Å². The molecule has 0 bridgehead atoms. The number of pyridine rings is 1. The molecule has 0 radical (unpaired) electrons. The van der Waals surface area contributed by atoms with Crippen LogP contribution in [0.4, 0.5) is 4.39 Å². The molecule has 0 spiro atoms. The van der Waals surface area contributed by atoms with Crippen molar-refractivity contribution in [1.82, 2.24) is 20.0 Å². The number of hydrogen-bond acceptors (Lipinski definition) is 4. The molecule has 0 fully saturated rings. The van der Waals surface area contributed by atoms with E-state index >= 15 is 0 Å². The Hall–Kier alpha value is -1.34. The average Bonchev–Trinajstić information content (AvgIpc) is 2.71. The van der Waals surface area contributed by atoms with Crippen molar-refractivity contribution in [3.8, 4) is 0 Å². The van der Waals surface area contributed by atoms with Gasteiger partial charge in [0.25, 0.3) is 0 Å². The van der Waals surface area contributed by atoms with Crippen LogP contribution in [0.15, 0.2) is 22.9 Å². The van der Waals surface area contributed by atoms with Crippen molar-refractivity contribution in [3.05, 3.63) is 40.1 Å². The van der Waals surface area contributed by atoms with Crippen LogP contribution in [0.1, 0.15) is 11.3 Å². The van der Waals surface area contributed by atoms with Gasteiger partial charge < -0.3 is 5.11 Å². The maximum Gasteiger partial charge on any atom is 0.213 e. The van der Waals surface area contributed by atoms with Crippen LogP contribution in [0, 0.1) is 5.95 Å². The standard InChI is InChI=1S/C10H10BrFN4O/c11-10-7(1-2-9(12)13-10)5-16-6-8(3-4-17)14-15-16/h1-2,6,17H,3-5H2. The van der Waals surface area contributed by atoms with Gasteiger partial charge in [0.2, 0.25) is 5.95 Å². The quantitative estimate of drug-likeness (QED) is 0.861. The lowest BCUT2D eigenvalue weighted by Gasteiger charge is -2.02. The van der Waals surface area contributed by atoms with Crippen molar-refractivity contribution in [2.75, 3.05) is 6.61 Å². The van der Waals surface area contributed by atoms with E-state index < -0.39 is 5.95 Å². The summed E-state index contributed by atoms with van der Waals surface area (Å²) in [7, 11) is 0. The van der Waals surface area contributed by atoms with Gasteiger partial charge >= 0.3 is 0 Å². The van der Waals surface area contributed by atoms with Gasteiger partial charge in [-0.25, -0.2) is 9.67 Å². The van der Waals surface area contributed by atoms with E-state index in [0.717, 1.165) is 11.3 Å². The molecular formula is C10H10BrFN4O. The summed E-state index contributed by atoms with van der Waals surface area (Å²) in [4.78, 5) is 3.66. The number of aromatic nitrogens is 4. The maximum atomic E-state index is 12.8. The number of rotatable bonds is 4. The highest BCUT2D eigenvalue weighted by Gasteiger charge is 2.06. The van der Waals surface area contributed by atoms with Crippen molar-refractivity contribution in [3.63, 3.8) is 0 Å². The number of hydrogen-bond donors (Lipinski definition) is 1. The zero-order valence-electron chi connectivity index (χ0n) is 8.85. The van der Waals surface area contributed by atoms with Gasteiger partial charge in [0.05, 0.1) is 12.2 Å². The first-order chi connectivity index (χ1) is 8.19. The lowest BCUT2D eigenvalue weighted by Crippen LogP contribution is -2.02. The van der Waals surface area contributed by atoms with E-state index in [1.807, 2.05) is 0 Å². The molecule has 0 aromatic carbocycles. The Morgan fingerprint density at radius 1 is 1.41 bits per heavy atom. The van der Waals surface area contributed by atoms with E-state index in [4.69, 9.17) is 5.11 Å². The molecule has 90 valence electrons. The highest BCUT2D eigenvalue weighted by Crippen LogP contribution is 2.15. The lowest BCUT2D eigenvalue weighted by atomic mass is 10.3. The molecule has 7 heteroatoms. The minimum atomic E-state index is -0.528. The van der Waals surface area contributed by atoms with Gasteiger partial charge in [-0.1, -0.05) is 5.21 Å². The van der Waals surface area contributed by atoms with Crippen LogP contribution >= 0.6 is 15.9 Å². The van der Waals surface area contributed by atoms with Crippen molar-refractivity contribution < 1.29 is 9.50 Å². The van der Waals surface area contributed by atoms with Gasteiger partial charge in [0.15, 0.2) is 0 Å². The van der Waals surface area contributed by atoms with Crippen molar-refractivity contribution in [2.24, 2.45) is 0 Å². The summed E-state index contributed by atoms with van der Waals surface area (Å²) in [6.45, 7) is 0.493. The largest absolute Gasteiger partial charge is 0.396 e. The molecule has 0 atom stereocenters. The summed E-state index contributed by atoms with van der Waals surface area (Å²) in [5.41, 5.74) is 1.53. The third-order valence-electron chi connectivity index (χ3n) is 2.18. The Bertz CT molecular complexity index is 517. The zero-order valence-corrected chi connectivity index (χ0v) is 10.4. The normalized spacial score (nSPS) is 10.8. The molecule has 2 aromatic rings. The molecule has 0 aliphatic rings. The summed E-state index contributed by atoms with van der Waals surface area (Å²) in [5.74, 6) is -0.528. The van der Waals surface area contributed by atoms with E-state index in [-0.39, 0.29) is 6.61 Å². The number of nitrogens with zero attached hydrogens (tertiary/aromatic N) is 4. The molecule has 2 rings (SSSR count). The van der Waals surface area contributed by atoms with Crippen LogP contribution < -0.4 is 0 Å². The van der Waals surface area contributed by atoms with Gasteiger partial charge in [-0.05, 0) is 28.1 Å². The predicted molar refractivity (Wildman–Crippen MR) is 61.8 cm³/mol. The second-order valence-electron chi connectivity index (χ2n) is 3.46. The third kappa shape index (κ3) is 3.07. The fraction of sp³-hybridized carbons (Fsp3) is 0.300. The molecule has 1 N–H and O–H groups in total. The monoisotopic (exact) mass is 300 g/mol. The molecule has 5 nitrogen and oxygen atoms in total. The summed E-state index contributed by atoms with van der Waals surface area (Å²) in [6.07, 6.45) is 2.22. The Balaban J connectivity index is 2.13. The first kappa shape index (κ1) is 12.1. The van der Waals surface area contributed by atoms with Crippen molar-refractivity contribution >= 4 is 15.9 Å². The average molecular weight is 301 g/mol. The minimum Gasteiger partial charge on any atom is -0.396 e. The molecule has 0 saturated heterocycles. The second kappa shape index (κ2) is 5.33. The van der Waals surface area contributed by atoms with Gasteiger partial charge in [-0.2, -0.15) is 4.39 Å². The van der Waals surface area contributed by atoms with Gasteiger partial charge in [-0.3, -0.25) is 0 Å². The first-order valence-electron chi connectivity index (χ1n) is 5.00. The van der Waals surface area contributed by atoms with E-state index in [9.17, 15) is 4.39 Å². The summed E-state index contributed by atoms with van der Waals surface area (Å²) >= 11 is 3.19. The molecule has 0 unspecified atom stereocenters. The topological polar surface area (TPSA) is 63.8 Å². The third-order valence-corrected chi connectivity index (χ3v) is 2.86. The summed E-state index contributed by atoms with van der Waals surface area (Å²) < 4.78 is 14.9. The highest BCUT2D eigenvalue weighted by atomic mass is 79.9. The Kier molecular flexibility index (Phi) is 3.80. The lowest BCUT2D eigenvalue weighted by molar-refractivity contribution is 0.298. The van der Waals surface area contributed by atoms with Crippen LogP contribution in [-0.4, -0.2) is 31.7 Å². The molecule has 0 aliphatic carbocycles. The van der Waals surface area contributed by atoms with E-state index in [1.54, 1.807) is 16.9 Å². The smallest absolute Gasteiger partial charge is 0.213 e. The molecule has 2 heterocycles. The van der Waals surface area contributed by atoms with Crippen LogP contribution in [0.3, 0.4) is 0 Å². The SMILES string of the molecule is OCCc1cn(Cc2ccc(F)nc2Br)nn1. The van der Waals surface area contributed by atoms with Gasteiger partial charge in [0.1, 0.15) is 4.60 Å². The van der Waals surface area contributed by atoms with Crippen LogP contribution in [0.2, 0.25) is 0 Å². The zero-order chi connectivity index (χ0) is 12.3. The second-order valence-corrected chi connectivity index (χ2v) is 4.22. The molecule has 0 saturated carbocycles. The molecule has 2 aromatic heterocycles. The predicted octanol–water partition coefficient (Wildman–Crippen LogP) is 1.16. The first-order valence-corrected chi connectivity index (χ1v) is 5.79. The fourth-order valence-corrected chi connectivity index (χ4v) is 1.81. The Morgan fingerprint density at radius 3 is 2.94 bits per heavy atom.